The molecule has 0 amide bonds. The van der Waals surface area contributed by atoms with Crippen LogP contribution >= 0.6 is 0 Å². The first-order chi connectivity index (χ1) is 16.6. The van der Waals surface area contributed by atoms with Gasteiger partial charge in [-0.1, -0.05) is 97.1 Å². The predicted molar refractivity (Wildman–Crippen MR) is 144 cm³/mol. The molecule has 0 unspecified atom stereocenters. The van der Waals surface area contributed by atoms with Crippen molar-refractivity contribution >= 4 is 43.1 Å². The minimum Gasteiger partial charge on any atom is -0.0575 e. The fourth-order valence-corrected chi connectivity index (χ4v) is 7.70. The Morgan fingerprint density at radius 1 is 0.382 bits per heavy atom. The molecule has 0 heteroatoms. The smallest absolute Gasteiger partial charge is 0.0436 e. The lowest BCUT2D eigenvalue weighted by atomic mass is 9.65. The Labute approximate surface area is 198 Å². The molecule has 0 atom stereocenters. The zero-order chi connectivity index (χ0) is 22.4. The summed E-state index contributed by atoms with van der Waals surface area (Å²) in [6, 6.07) is 18.7. The summed E-state index contributed by atoms with van der Waals surface area (Å²) >= 11 is 0. The fourth-order valence-electron chi connectivity index (χ4n) is 7.70. The predicted octanol–water partition coefficient (Wildman–Crippen LogP) is 8.56. The quantitative estimate of drug-likeness (QED) is 0.246. The van der Waals surface area contributed by atoms with Gasteiger partial charge in [-0.15, -0.1) is 0 Å². The SMILES string of the molecule is CC1(c2c3c4ccc(cc4)c3c(C3(C)C4=CC=C3C=C4)c3c4ccc(cc4)c23)C2=CC=C1C=C2. The lowest BCUT2D eigenvalue weighted by molar-refractivity contribution is 0.728. The van der Waals surface area contributed by atoms with E-state index in [9.17, 15) is 0 Å². The van der Waals surface area contributed by atoms with E-state index >= 15 is 0 Å². The van der Waals surface area contributed by atoms with E-state index in [1.807, 2.05) is 0 Å². The molecule has 158 valence electrons. The summed E-state index contributed by atoms with van der Waals surface area (Å²) in [5.41, 5.74) is 8.43. The average molecular weight is 431 g/mol. The van der Waals surface area contributed by atoms with Crippen LogP contribution < -0.4 is 0 Å². The number of rotatable bonds is 2. The first-order valence-corrected chi connectivity index (χ1v) is 12.3. The second-order valence-corrected chi connectivity index (χ2v) is 10.8. The van der Waals surface area contributed by atoms with Crippen LogP contribution in [-0.2, 0) is 10.8 Å². The highest BCUT2D eigenvalue weighted by Crippen LogP contribution is 2.60. The topological polar surface area (TPSA) is 0 Å². The van der Waals surface area contributed by atoms with Gasteiger partial charge >= 0.3 is 0 Å². The van der Waals surface area contributed by atoms with Crippen molar-refractivity contribution in [3.63, 3.8) is 0 Å². The molecule has 34 heavy (non-hydrogen) atoms. The van der Waals surface area contributed by atoms with Crippen molar-refractivity contribution in [1.29, 1.82) is 0 Å². The molecule has 0 aromatic heterocycles. The van der Waals surface area contributed by atoms with E-state index in [2.05, 4.69) is 111 Å². The molecular formula is C34H22. The summed E-state index contributed by atoms with van der Waals surface area (Å²) in [6.07, 6.45) is 18.6. The minimum absolute atomic E-state index is 0.113. The van der Waals surface area contributed by atoms with Crippen LogP contribution in [-0.4, -0.2) is 0 Å². The summed E-state index contributed by atoms with van der Waals surface area (Å²) in [5, 5.41) is 11.2. The first kappa shape index (κ1) is 17.6. The minimum atomic E-state index is -0.113. The van der Waals surface area contributed by atoms with E-state index in [4.69, 9.17) is 0 Å². The third kappa shape index (κ3) is 1.64. The summed E-state index contributed by atoms with van der Waals surface area (Å²) in [7, 11) is 0. The van der Waals surface area contributed by atoms with Crippen LogP contribution in [0.25, 0.3) is 43.1 Å². The molecule has 0 aliphatic heterocycles. The molecule has 4 aliphatic rings. The van der Waals surface area contributed by atoms with Crippen molar-refractivity contribution in [3.05, 3.63) is 131 Å². The van der Waals surface area contributed by atoms with E-state index in [0.29, 0.717) is 0 Å². The van der Waals surface area contributed by atoms with Crippen molar-refractivity contribution in [2.75, 3.05) is 0 Å². The van der Waals surface area contributed by atoms with Gasteiger partial charge in [0.2, 0.25) is 0 Å². The number of benzene rings is 7. The van der Waals surface area contributed by atoms with Gasteiger partial charge in [0.1, 0.15) is 0 Å². The van der Waals surface area contributed by atoms with Crippen LogP contribution in [0.3, 0.4) is 0 Å². The van der Waals surface area contributed by atoms with Crippen LogP contribution in [0.2, 0.25) is 0 Å². The molecule has 4 aliphatic carbocycles. The average Bonchev–Trinajstić information content (AvgIpc) is 3.60. The molecule has 0 saturated heterocycles. The van der Waals surface area contributed by atoms with E-state index in [1.54, 1.807) is 0 Å². The Bertz CT molecular complexity index is 1650. The first-order valence-electron chi connectivity index (χ1n) is 12.3. The highest BCUT2D eigenvalue weighted by atomic mass is 14.5. The zero-order valence-corrected chi connectivity index (χ0v) is 19.2. The standard InChI is InChI=1S/C34H22/c1-33(23-11-12-24(33)14-13-23)31-27-19-3-7-21(8-4-19)29(27)32(34(2)25-15-16-26(34)18-17-25)30-22-9-5-20(6-10-22)28(30)31/h3-18H,1-2H3. The van der Waals surface area contributed by atoms with Gasteiger partial charge in [0, 0.05) is 10.8 Å². The van der Waals surface area contributed by atoms with E-state index < -0.39 is 0 Å². The molecular weight excluding hydrogens is 408 g/mol. The lowest BCUT2D eigenvalue weighted by Crippen LogP contribution is -2.25. The third-order valence-electron chi connectivity index (χ3n) is 9.50. The Hall–Kier alpha value is -3.90. The lowest BCUT2D eigenvalue weighted by Gasteiger charge is -2.36. The Morgan fingerprint density at radius 3 is 0.824 bits per heavy atom. The van der Waals surface area contributed by atoms with E-state index in [0.717, 1.165) is 0 Å². The maximum absolute atomic E-state index is 2.45. The molecule has 7 aromatic rings. The molecule has 0 N–H and O–H groups in total. The number of hydrogen-bond donors (Lipinski definition) is 0. The van der Waals surface area contributed by atoms with Gasteiger partial charge in [-0.3, -0.25) is 0 Å². The van der Waals surface area contributed by atoms with Crippen LogP contribution in [0.4, 0.5) is 0 Å². The Balaban J connectivity index is 1.61. The number of allylic oxidation sites excluding steroid dienone is 12. The molecule has 0 fully saturated rings. The van der Waals surface area contributed by atoms with Gasteiger partial charge in [0.25, 0.3) is 0 Å². The maximum atomic E-state index is 2.45. The van der Waals surface area contributed by atoms with Gasteiger partial charge in [-0.2, -0.15) is 0 Å². The van der Waals surface area contributed by atoms with Crippen LogP contribution in [0, 0.1) is 0 Å². The summed E-state index contributed by atoms with van der Waals surface area (Å²) in [4.78, 5) is 0. The summed E-state index contributed by atoms with van der Waals surface area (Å²) in [5.74, 6) is 0. The fraction of sp³-hybridized carbons (Fsp3) is 0.118. The van der Waals surface area contributed by atoms with Gasteiger partial charge < -0.3 is 0 Å². The second-order valence-electron chi connectivity index (χ2n) is 10.8. The molecule has 0 spiro atoms. The van der Waals surface area contributed by atoms with Gasteiger partial charge in [0.05, 0.1) is 0 Å². The van der Waals surface area contributed by atoms with Gasteiger partial charge in [-0.05, 0) is 90.4 Å². The molecule has 0 radical (unpaired) electrons. The van der Waals surface area contributed by atoms with Crippen LogP contribution in [0.5, 0.6) is 0 Å². The maximum Gasteiger partial charge on any atom is 0.0436 e. The number of fused-ring (bicyclic) bond motifs is 8. The monoisotopic (exact) mass is 430 g/mol. The van der Waals surface area contributed by atoms with Crippen LogP contribution in [0.1, 0.15) is 25.0 Å². The van der Waals surface area contributed by atoms with Crippen molar-refractivity contribution < 1.29 is 0 Å². The van der Waals surface area contributed by atoms with Crippen molar-refractivity contribution in [2.45, 2.75) is 24.7 Å². The van der Waals surface area contributed by atoms with Crippen molar-refractivity contribution in [2.24, 2.45) is 0 Å². The van der Waals surface area contributed by atoms with E-state index in [1.165, 1.54) is 76.5 Å². The molecule has 0 heterocycles. The van der Waals surface area contributed by atoms with Crippen LogP contribution in [0.15, 0.2) is 119 Å². The molecule has 0 nitrogen and oxygen atoms in total. The van der Waals surface area contributed by atoms with Gasteiger partial charge in [0.15, 0.2) is 0 Å². The second kappa shape index (κ2) is 5.26. The third-order valence-corrected chi connectivity index (χ3v) is 9.50. The highest BCUT2D eigenvalue weighted by molar-refractivity contribution is 6.27. The Morgan fingerprint density at radius 2 is 0.618 bits per heavy atom. The highest BCUT2D eigenvalue weighted by Gasteiger charge is 2.46. The molecule has 0 saturated carbocycles. The van der Waals surface area contributed by atoms with E-state index in [-0.39, 0.29) is 10.8 Å². The molecule has 8 bridgehead atoms. The molecule has 7 aromatic carbocycles. The summed E-state index contributed by atoms with van der Waals surface area (Å²) < 4.78 is 0. The molecule has 11 rings (SSSR count). The normalized spacial score (nSPS) is 21.0. The Kier molecular flexibility index (Phi) is 2.72. The van der Waals surface area contributed by atoms with Gasteiger partial charge in [-0.25, -0.2) is 0 Å². The number of hydrogen-bond acceptors (Lipinski definition) is 0. The van der Waals surface area contributed by atoms with Crippen molar-refractivity contribution in [3.8, 4) is 0 Å². The zero-order valence-electron chi connectivity index (χ0n) is 19.2. The van der Waals surface area contributed by atoms with Crippen molar-refractivity contribution in [1.82, 2.24) is 0 Å². The largest absolute Gasteiger partial charge is 0.0575 e. The summed E-state index contributed by atoms with van der Waals surface area (Å²) in [6.45, 7) is 4.89.